The highest BCUT2D eigenvalue weighted by Gasteiger charge is 2.23. The number of carbonyl (C=O) groups excluding carboxylic acids is 1. The van der Waals surface area contributed by atoms with E-state index >= 15 is 0 Å². The van der Waals surface area contributed by atoms with Crippen molar-refractivity contribution < 1.29 is 9.53 Å². The predicted octanol–water partition coefficient (Wildman–Crippen LogP) is 5.42. The maximum Gasteiger partial charge on any atom is 0.254 e. The number of carbonyl (C=O) groups is 1. The summed E-state index contributed by atoms with van der Waals surface area (Å²) in [5.74, 6) is 1.04. The van der Waals surface area contributed by atoms with Gasteiger partial charge in [-0.1, -0.05) is 78.9 Å². The maximum atomic E-state index is 13.2. The number of rotatable bonds is 7. The first kappa shape index (κ1) is 22.2. The molecule has 1 saturated heterocycles. The Bertz CT molecular complexity index is 1220. The molecule has 4 heteroatoms. The number of piperazine rings is 1. The van der Waals surface area contributed by atoms with Crippen molar-refractivity contribution in [2.45, 2.75) is 13.0 Å². The van der Waals surface area contributed by atoms with Crippen LogP contribution >= 0.6 is 0 Å². The van der Waals surface area contributed by atoms with E-state index in [0.29, 0.717) is 6.61 Å². The molecule has 4 nitrogen and oxygen atoms in total. The molecule has 0 bridgehead atoms. The molecular formula is C30H30N2O2. The second kappa shape index (κ2) is 10.5. The van der Waals surface area contributed by atoms with Crippen molar-refractivity contribution in [1.82, 2.24) is 9.80 Å². The minimum atomic E-state index is 0.141. The molecule has 34 heavy (non-hydrogen) atoms. The Balaban J connectivity index is 1.09. The second-order valence-corrected chi connectivity index (χ2v) is 8.83. The van der Waals surface area contributed by atoms with E-state index in [1.807, 2.05) is 53.4 Å². The molecule has 0 aromatic heterocycles. The summed E-state index contributed by atoms with van der Waals surface area (Å²) in [6.07, 6.45) is 0.996. The molecule has 0 saturated carbocycles. The summed E-state index contributed by atoms with van der Waals surface area (Å²) in [6, 6.07) is 32.7. The van der Waals surface area contributed by atoms with Gasteiger partial charge in [0.25, 0.3) is 5.91 Å². The zero-order chi connectivity index (χ0) is 23.2. The van der Waals surface area contributed by atoms with Crippen LogP contribution in [0.2, 0.25) is 0 Å². The van der Waals surface area contributed by atoms with E-state index < -0.39 is 0 Å². The van der Waals surface area contributed by atoms with Crippen LogP contribution in [0, 0.1) is 0 Å². The highest BCUT2D eigenvalue weighted by Crippen LogP contribution is 2.21. The van der Waals surface area contributed by atoms with Gasteiger partial charge < -0.3 is 9.64 Å². The van der Waals surface area contributed by atoms with Crippen molar-refractivity contribution in [3.8, 4) is 5.75 Å². The van der Waals surface area contributed by atoms with Gasteiger partial charge in [0.05, 0.1) is 0 Å². The Morgan fingerprint density at radius 2 is 1.41 bits per heavy atom. The molecule has 1 amide bonds. The normalized spacial score (nSPS) is 14.3. The van der Waals surface area contributed by atoms with E-state index in [0.717, 1.165) is 61.2 Å². The second-order valence-electron chi connectivity index (χ2n) is 8.83. The van der Waals surface area contributed by atoms with Crippen LogP contribution in [0.5, 0.6) is 5.75 Å². The molecule has 0 atom stereocenters. The summed E-state index contributed by atoms with van der Waals surface area (Å²) < 4.78 is 5.89. The van der Waals surface area contributed by atoms with Crippen molar-refractivity contribution in [2.24, 2.45) is 0 Å². The molecule has 4 aromatic carbocycles. The molecular weight excluding hydrogens is 420 g/mol. The topological polar surface area (TPSA) is 32.8 Å². The van der Waals surface area contributed by atoms with Crippen LogP contribution in [-0.4, -0.2) is 48.4 Å². The van der Waals surface area contributed by atoms with Crippen LogP contribution in [0.4, 0.5) is 0 Å². The van der Waals surface area contributed by atoms with Crippen LogP contribution in [-0.2, 0) is 13.0 Å². The van der Waals surface area contributed by atoms with Crippen molar-refractivity contribution >= 4 is 16.7 Å². The smallest absolute Gasteiger partial charge is 0.254 e. The average Bonchev–Trinajstić information content (AvgIpc) is 2.91. The average molecular weight is 451 g/mol. The third-order valence-electron chi connectivity index (χ3n) is 6.57. The minimum absolute atomic E-state index is 0.141. The van der Waals surface area contributed by atoms with E-state index in [1.54, 1.807) is 0 Å². The molecule has 1 aliphatic rings. The number of fused-ring (bicyclic) bond motifs is 1. The highest BCUT2D eigenvalue weighted by atomic mass is 16.5. The van der Waals surface area contributed by atoms with Gasteiger partial charge in [-0.05, 0) is 46.5 Å². The predicted molar refractivity (Wildman–Crippen MR) is 137 cm³/mol. The van der Waals surface area contributed by atoms with Gasteiger partial charge in [0.2, 0.25) is 0 Å². The lowest BCUT2D eigenvalue weighted by molar-refractivity contribution is 0.0640. The van der Waals surface area contributed by atoms with Crippen molar-refractivity contribution in [2.75, 3.05) is 32.7 Å². The van der Waals surface area contributed by atoms with Crippen LogP contribution in [0.1, 0.15) is 21.5 Å². The van der Waals surface area contributed by atoms with Gasteiger partial charge in [0.1, 0.15) is 12.4 Å². The number of nitrogens with zero attached hydrogens (tertiary/aromatic N) is 2. The summed E-state index contributed by atoms with van der Waals surface area (Å²) in [5.41, 5.74) is 3.28. The standard InChI is InChI=1S/C30H30N2O2/c33-30(29-12-6-10-26-9-4-5-11-28(26)29)32-21-19-31(20-22-32)18-17-24-13-15-27(16-14-24)34-23-25-7-2-1-3-8-25/h1-16H,17-23H2. The monoisotopic (exact) mass is 450 g/mol. The Kier molecular flexibility index (Phi) is 6.87. The summed E-state index contributed by atoms with van der Waals surface area (Å²) in [6.45, 7) is 4.95. The van der Waals surface area contributed by atoms with Gasteiger partial charge in [0.15, 0.2) is 0 Å². The molecule has 4 aromatic rings. The summed E-state index contributed by atoms with van der Waals surface area (Å²) in [4.78, 5) is 17.6. The molecule has 0 spiro atoms. The van der Waals surface area contributed by atoms with E-state index in [4.69, 9.17) is 4.74 Å². The Morgan fingerprint density at radius 3 is 2.21 bits per heavy atom. The van der Waals surface area contributed by atoms with Gasteiger partial charge in [-0.2, -0.15) is 0 Å². The minimum Gasteiger partial charge on any atom is -0.489 e. The van der Waals surface area contributed by atoms with E-state index in [2.05, 4.69) is 53.4 Å². The molecule has 172 valence electrons. The third-order valence-corrected chi connectivity index (χ3v) is 6.57. The molecule has 0 aliphatic carbocycles. The van der Waals surface area contributed by atoms with Crippen LogP contribution in [0.25, 0.3) is 10.8 Å². The van der Waals surface area contributed by atoms with Gasteiger partial charge in [-0.3, -0.25) is 9.69 Å². The first-order chi connectivity index (χ1) is 16.8. The number of hydrogen-bond acceptors (Lipinski definition) is 3. The first-order valence-corrected chi connectivity index (χ1v) is 12.0. The largest absolute Gasteiger partial charge is 0.489 e. The van der Waals surface area contributed by atoms with E-state index in [-0.39, 0.29) is 5.91 Å². The molecule has 0 N–H and O–H groups in total. The summed E-state index contributed by atoms with van der Waals surface area (Å²) in [5, 5.41) is 2.15. The van der Waals surface area contributed by atoms with Gasteiger partial charge in [-0.15, -0.1) is 0 Å². The Labute approximate surface area is 201 Å². The fourth-order valence-electron chi connectivity index (χ4n) is 4.54. The van der Waals surface area contributed by atoms with Crippen molar-refractivity contribution in [3.63, 3.8) is 0 Å². The molecule has 1 fully saturated rings. The fourth-order valence-corrected chi connectivity index (χ4v) is 4.54. The van der Waals surface area contributed by atoms with Gasteiger partial charge in [0, 0.05) is 38.3 Å². The zero-order valence-corrected chi connectivity index (χ0v) is 19.4. The number of benzene rings is 4. The molecule has 1 aliphatic heterocycles. The highest BCUT2D eigenvalue weighted by molar-refractivity contribution is 6.07. The van der Waals surface area contributed by atoms with Gasteiger partial charge in [-0.25, -0.2) is 0 Å². The summed E-state index contributed by atoms with van der Waals surface area (Å²) >= 11 is 0. The van der Waals surface area contributed by atoms with Crippen molar-refractivity contribution in [3.05, 3.63) is 114 Å². The Morgan fingerprint density at radius 1 is 0.706 bits per heavy atom. The summed E-state index contributed by atoms with van der Waals surface area (Å²) in [7, 11) is 0. The van der Waals surface area contributed by atoms with Crippen molar-refractivity contribution in [1.29, 1.82) is 0 Å². The quantitative estimate of drug-likeness (QED) is 0.377. The Hall–Kier alpha value is -3.63. The van der Waals surface area contributed by atoms with Crippen LogP contribution in [0.3, 0.4) is 0 Å². The first-order valence-electron chi connectivity index (χ1n) is 12.0. The molecule has 0 unspecified atom stereocenters. The third kappa shape index (κ3) is 5.29. The van der Waals surface area contributed by atoms with Gasteiger partial charge >= 0.3 is 0 Å². The number of ether oxygens (including phenoxy) is 1. The van der Waals surface area contributed by atoms with Crippen LogP contribution < -0.4 is 4.74 Å². The maximum absolute atomic E-state index is 13.2. The van der Waals surface area contributed by atoms with E-state index in [9.17, 15) is 4.79 Å². The fraction of sp³-hybridized carbons (Fsp3) is 0.233. The lowest BCUT2D eigenvalue weighted by Gasteiger charge is -2.35. The number of hydrogen-bond donors (Lipinski definition) is 0. The lowest BCUT2D eigenvalue weighted by Crippen LogP contribution is -2.49. The number of amides is 1. The van der Waals surface area contributed by atoms with E-state index in [1.165, 1.54) is 11.1 Å². The molecule has 1 heterocycles. The molecule has 0 radical (unpaired) electrons. The molecule has 5 rings (SSSR count). The van der Waals surface area contributed by atoms with Crippen LogP contribution in [0.15, 0.2) is 97.1 Å². The SMILES string of the molecule is O=C(c1cccc2ccccc12)N1CCN(CCc2ccc(OCc3ccccc3)cc2)CC1. The zero-order valence-electron chi connectivity index (χ0n) is 19.4. The lowest BCUT2D eigenvalue weighted by atomic mass is 10.0.